The zero-order valence-corrected chi connectivity index (χ0v) is 10.1. The molecule has 94 valence electrons. The number of hydrogen-bond donors (Lipinski definition) is 1. The number of aliphatic hydroxyl groups excluding tert-OH is 1. The van der Waals surface area contributed by atoms with Crippen molar-refractivity contribution < 1.29 is 9.84 Å². The van der Waals surface area contributed by atoms with E-state index in [0.717, 1.165) is 39.0 Å². The van der Waals surface area contributed by atoms with Crippen LogP contribution in [0.1, 0.15) is 36.7 Å². The summed E-state index contributed by atoms with van der Waals surface area (Å²) < 4.78 is 7.87. The fourth-order valence-corrected chi connectivity index (χ4v) is 2.96. The first-order chi connectivity index (χ1) is 8.38. The lowest BCUT2D eigenvalue weighted by molar-refractivity contribution is 0.0760. The highest BCUT2D eigenvalue weighted by molar-refractivity contribution is 5.12. The van der Waals surface area contributed by atoms with Gasteiger partial charge in [0, 0.05) is 43.5 Å². The number of fused-ring (bicyclic) bond motifs is 1. The minimum Gasteiger partial charge on any atom is -0.396 e. The van der Waals surface area contributed by atoms with E-state index >= 15 is 0 Å². The van der Waals surface area contributed by atoms with Crippen molar-refractivity contribution in [3.8, 4) is 0 Å². The van der Waals surface area contributed by atoms with E-state index in [2.05, 4.69) is 9.55 Å². The number of imidazole rings is 1. The van der Waals surface area contributed by atoms with Crippen molar-refractivity contribution in [1.29, 1.82) is 0 Å². The maximum absolute atomic E-state index is 9.30. The van der Waals surface area contributed by atoms with Crippen LogP contribution >= 0.6 is 0 Å². The molecule has 0 radical (unpaired) electrons. The molecule has 3 heterocycles. The van der Waals surface area contributed by atoms with Gasteiger partial charge in [0.25, 0.3) is 0 Å². The van der Waals surface area contributed by atoms with Crippen molar-refractivity contribution in [1.82, 2.24) is 9.55 Å². The standard InChI is InChI=1S/C13H20N2O2/c16-8-10-3-4-12-6-14-13(15(12)7-10)11-2-1-5-17-9-11/h6,10-11,16H,1-5,7-9H2. The van der Waals surface area contributed by atoms with Crippen molar-refractivity contribution in [2.45, 2.75) is 38.1 Å². The lowest BCUT2D eigenvalue weighted by Crippen LogP contribution is -2.26. The number of hydrogen-bond acceptors (Lipinski definition) is 3. The van der Waals surface area contributed by atoms with Gasteiger partial charge in [0.2, 0.25) is 0 Å². The zero-order valence-electron chi connectivity index (χ0n) is 10.1. The largest absolute Gasteiger partial charge is 0.396 e. The van der Waals surface area contributed by atoms with Crippen LogP contribution in [-0.2, 0) is 17.7 Å². The summed E-state index contributed by atoms with van der Waals surface area (Å²) in [6, 6.07) is 0. The fourth-order valence-electron chi connectivity index (χ4n) is 2.96. The molecule has 4 nitrogen and oxygen atoms in total. The molecule has 1 aromatic rings. The maximum Gasteiger partial charge on any atom is 0.114 e. The summed E-state index contributed by atoms with van der Waals surface area (Å²) in [5.41, 5.74) is 1.33. The normalized spacial score (nSPS) is 29.0. The van der Waals surface area contributed by atoms with E-state index in [-0.39, 0.29) is 6.61 Å². The summed E-state index contributed by atoms with van der Waals surface area (Å²) in [5.74, 6) is 2.03. The first-order valence-electron chi connectivity index (χ1n) is 6.61. The van der Waals surface area contributed by atoms with Crippen LogP contribution in [0.3, 0.4) is 0 Å². The van der Waals surface area contributed by atoms with Crippen LogP contribution in [0.4, 0.5) is 0 Å². The highest BCUT2D eigenvalue weighted by Gasteiger charge is 2.26. The average Bonchev–Trinajstić information content (AvgIpc) is 2.82. The van der Waals surface area contributed by atoms with Gasteiger partial charge in [-0.05, 0) is 25.7 Å². The minimum atomic E-state index is 0.290. The van der Waals surface area contributed by atoms with Crippen molar-refractivity contribution in [2.75, 3.05) is 19.8 Å². The summed E-state index contributed by atoms with van der Waals surface area (Å²) in [6.45, 7) is 2.92. The third-order valence-electron chi connectivity index (χ3n) is 4.00. The molecule has 1 saturated heterocycles. The molecule has 2 aliphatic heterocycles. The van der Waals surface area contributed by atoms with Crippen molar-refractivity contribution in [3.63, 3.8) is 0 Å². The third kappa shape index (κ3) is 2.11. The van der Waals surface area contributed by atoms with E-state index in [1.165, 1.54) is 17.9 Å². The number of nitrogens with zero attached hydrogens (tertiary/aromatic N) is 2. The molecule has 4 heteroatoms. The van der Waals surface area contributed by atoms with E-state index in [4.69, 9.17) is 4.74 Å². The lowest BCUT2D eigenvalue weighted by Gasteiger charge is -2.27. The predicted molar refractivity (Wildman–Crippen MR) is 63.9 cm³/mol. The Hall–Kier alpha value is -0.870. The van der Waals surface area contributed by atoms with Crippen LogP contribution in [0.15, 0.2) is 6.20 Å². The summed E-state index contributed by atoms with van der Waals surface area (Å²) >= 11 is 0. The third-order valence-corrected chi connectivity index (χ3v) is 4.00. The van der Waals surface area contributed by atoms with Gasteiger partial charge in [0.05, 0.1) is 6.61 Å². The number of aromatic nitrogens is 2. The number of rotatable bonds is 2. The Morgan fingerprint density at radius 3 is 3.18 bits per heavy atom. The van der Waals surface area contributed by atoms with E-state index in [9.17, 15) is 5.11 Å². The molecular formula is C13H20N2O2. The van der Waals surface area contributed by atoms with Gasteiger partial charge in [0.1, 0.15) is 5.82 Å². The van der Waals surface area contributed by atoms with Crippen LogP contribution in [0, 0.1) is 5.92 Å². The summed E-state index contributed by atoms with van der Waals surface area (Å²) in [5, 5.41) is 9.30. The van der Waals surface area contributed by atoms with Crippen LogP contribution in [0.25, 0.3) is 0 Å². The summed E-state index contributed by atoms with van der Waals surface area (Å²) in [4.78, 5) is 4.59. The lowest BCUT2D eigenvalue weighted by atomic mass is 9.97. The van der Waals surface area contributed by atoms with Gasteiger partial charge in [-0.2, -0.15) is 0 Å². The second kappa shape index (κ2) is 4.78. The van der Waals surface area contributed by atoms with Crippen LogP contribution in [-0.4, -0.2) is 34.5 Å². The van der Waals surface area contributed by atoms with E-state index in [1.54, 1.807) is 0 Å². The van der Waals surface area contributed by atoms with Gasteiger partial charge >= 0.3 is 0 Å². The number of aliphatic hydroxyl groups is 1. The maximum atomic E-state index is 9.30. The molecular weight excluding hydrogens is 216 g/mol. The van der Waals surface area contributed by atoms with Crippen LogP contribution < -0.4 is 0 Å². The Bertz CT molecular complexity index is 383. The monoisotopic (exact) mass is 236 g/mol. The molecule has 2 aliphatic rings. The van der Waals surface area contributed by atoms with Gasteiger partial charge in [-0.1, -0.05) is 0 Å². The SMILES string of the molecule is OCC1CCc2cnc(C3CCCOC3)n2C1. The molecule has 0 aromatic carbocycles. The number of aryl methyl sites for hydroxylation is 1. The smallest absolute Gasteiger partial charge is 0.114 e. The number of ether oxygens (including phenoxy) is 1. The highest BCUT2D eigenvalue weighted by atomic mass is 16.5. The van der Waals surface area contributed by atoms with Crippen molar-refractivity contribution in [3.05, 3.63) is 17.7 Å². The molecule has 0 aliphatic carbocycles. The van der Waals surface area contributed by atoms with E-state index in [1.807, 2.05) is 6.20 Å². The summed E-state index contributed by atoms with van der Waals surface area (Å²) in [7, 11) is 0. The molecule has 17 heavy (non-hydrogen) atoms. The molecule has 0 saturated carbocycles. The van der Waals surface area contributed by atoms with E-state index in [0.29, 0.717) is 11.8 Å². The topological polar surface area (TPSA) is 47.3 Å². The van der Waals surface area contributed by atoms with Gasteiger partial charge in [-0.25, -0.2) is 4.98 Å². The second-order valence-electron chi connectivity index (χ2n) is 5.22. The molecule has 0 bridgehead atoms. The molecule has 2 unspecified atom stereocenters. The Labute approximate surface area is 102 Å². The molecule has 2 atom stereocenters. The Kier molecular flexibility index (Phi) is 3.16. The minimum absolute atomic E-state index is 0.290. The molecule has 1 fully saturated rings. The Balaban J connectivity index is 1.83. The molecule has 1 aromatic heterocycles. The molecule has 0 spiro atoms. The Morgan fingerprint density at radius 1 is 1.47 bits per heavy atom. The van der Waals surface area contributed by atoms with Gasteiger partial charge in [-0.3, -0.25) is 0 Å². The quantitative estimate of drug-likeness (QED) is 0.842. The van der Waals surface area contributed by atoms with Crippen molar-refractivity contribution in [2.24, 2.45) is 5.92 Å². The highest BCUT2D eigenvalue weighted by Crippen LogP contribution is 2.29. The summed E-state index contributed by atoms with van der Waals surface area (Å²) in [6.07, 6.45) is 6.46. The fraction of sp³-hybridized carbons (Fsp3) is 0.769. The second-order valence-corrected chi connectivity index (χ2v) is 5.22. The first-order valence-corrected chi connectivity index (χ1v) is 6.61. The Morgan fingerprint density at radius 2 is 2.41 bits per heavy atom. The first kappa shape index (κ1) is 11.2. The predicted octanol–water partition coefficient (Wildman–Crippen LogP) is 1.33. The average molecular weight is 236 g/mol. The molecule has 3 rings (SSSR count). The van der Waals surface area contributed by atoms with Crippen LogP contribution in [0.5, 0.6) is 0 Å². The molecule has 1 N–H and O–H groups in total. The van der Waals surface area contributed by atoms with Gasteiger partial charge in [0.15, 0.2) is 0 Å². The van der Waals surface area contributed by atoms with Crippen LogP contribution in [0.2, 0.25) is 0 Å². The van der Waals surface area contributed by atoms with E-state index < -0.39 is 0 Å². The van der Waals surface area contributed by atoms with Crippen molar-refractivity contribution >= 4 is 0 Å². The van der Waals surface area contributed by atoms with Gasteiger partial charge < -0.3 is 14.4 Å². The van der Waals surface area contributed by atoms with Gasteiger partial charge in [-0.15, -0.1) is 0 Å². The zero-order chi connectivity index (χ0) is 11.7. The molecule has 0 amide bonds.